The number of piperazine rings is 1. The lowest BCUT2D eigenvalue weighted by Crippen LogP contribution is -2.59. The molecule has 17 nitrogen and oxygen atoms in total. The van der Waals surface area contributed by atoms with Gasteiger partial charge in [0.15, 0.2) is 0 Å². The second-order valence-electron chi connectivity index (χ2n) is 15.2. The Morgan fingerprint density at radius 2 is 1.54 bits per heavy atom. The molecule has 1 saturated heterocycles. The number of ketones is 1. The molecule has 61 heavy (non-hydrogen) atoms. The fourth-order valence-corrected chi connectivity index (χ4v) is 7.08. The first kappa shape index (κ1) is 52.2. The van der Waals surface area contributed by atoms with E-state index in [-0.39, 0.29) is 37.5 Å². The number of thioether (sulfide) groups is 1. The quantitative estimate of drug-likeness (QED) is 0.112. The Labute approximate surface area is 364 Å². The number of aromatic nitrogens is 2. The molecule has 3 atom stereocenters. The van der Waals surface area contributed by atoms with Crippen LogP contribution in [0.2, 0.25) is 0 Å². The van der Waals surface area contributed by atoms with Gasteiger partial charge in [0, 0.05) is 57.5 Å². The van der Waals surface area contributed by atoms with Crippen molar-refractivity contribution >= 4 is 53.2 Å². The summed E-state index contributed by atoms with van der Waals surface area (Å²) in [4.78, 5) is 98.6. The summed E-state index contributed by atoms with van der Waals surface area (Å²) in [6, 6.07) is 6.53. The third kappa shape index (κ3) is 19.5. The molecular formula is C43H68N8O9S. The van der Waals surface area contributed by atoms with Gasteiger partial charge in [0.25, 0.3) is 0 Å². The van der Waals surface area contributed by atoms with E-state index in [1.165, 1.54) is 43.2 Å². The van der Waals surface area contributed by atoms with Gasteiger partial charge in [-0.3, -0.25) is 33.7 Å². The van der Waals surface area contributed by atoms with Crippen molar-refractivity contribution in [2.75, 3.05) is 51.3 Å². The zero-order valence-corrected chi connectivity index (χ0v) is 37.6. The SMILES string of the molecule is CC.CC1(C(=O)O)CCCCC1.CCCC(=O)NC(Cc1cnc[nH]1)C(=O)NC(COC(=O)N1CCN(Cc2ccccc2)CC1)C(=O)NC(CCSC)C(=O)NCC(C)=O. The van der Waals surface area contributed by atoms with Gasteiger partial charge in [0.05, 0.1) is 18.3 Å². The molecule has 2 aromatic rings. The van der Waals surface area contributed by atoms with Gasteiger partial charge in [-0.15, -0.1) is 0 Å². The van der Waals surface area contributed by atoms with Crippen molar-refractivity contribution in [2.24, 2.45) is 5.41 Å². The zero-order chi connectivity index (χ0) is 45.2. The van der Waals surface area contributed by atoms with Crippen LogP contribution in [0, 0.1) is 5.41 Å². The number of carbonyl (C=O) groups excluding carboxylic acids is 6. The fraction of sp³-hybridized carbons (Fsp3) is 0.628. The number of nitrogens with zero attached hydrogens (tertiary/aromatic N) is 3. The molecule has 5 amide bonds. The van der Waals surface area contributed by atoms with Crippen LogP contribution in [0.5, 0.6) is 0 Å². The summed E-state index contributed by atoms with van der Waals surface area (Å²) in [7, 11) is 0. The largest absolute Gasteiger partial charge is 0.481 e. The average molecular weight is 873 g/mol. The van der Waals surface area contributed by atoms with E-state index >= 15 is 0 Å². The summed E-state index contributed by atoms with van der Waals surface area (Å²) in [5.41, 5.74) is 1.35. The first-order chi connectivity index (χ1) is 29.2. The third-order valence-electron chi connectivity index (χ3n) is 10.2. The molecule has 2 heterocycles. The number of aliphatic carboxylic acids is 1. The highest BCUT2D eigenvalue weighted by molar-refractivity contribution is 7.98. The number of nitrogens with one attached hydrogen (secondary N) is 5. The molecule has 2 aliphatic rings. The number of hydrogen-bond donors (Lipinski definition) is 6. The Bertz CT molecular complexity index is 1650. The van der Waals surface area contributed by atoms with E-state index in [0.29, 0.717) is 44.0 Å². The molecule has 6 N–H and O–H groups in total. The summed E-state index contributed by atoms with van der Waals surface area (Å²) >= 11 is 1.47. The second-order valence-corrected chi connectivity index (χ2v) is 16.2. The molecular weight excluding hydrogens is 805 g/mol. The zero-order valence-electron chi connectivity index (χ0n) is 36.8. The van der Waals surface area contributed by atoms with E-state index < -0.39 is 59.9 Å². The molecule has 1 saturated carbocycles. The number of carbonyl (C=O) groups is 7. The third-order valence-corrected chi connectivity index (χ3v) is 10.9. The number of benzene rings is 1. The topological polar surface area (TPSA) is 232 Å². The molecule has 3 unspecified atom stereocenters. The Hall–Kier alpha value is -4.97. The number of hydrogen-bond acceptors (Lipinski definition) is 11. The van der Waals surface area contributed by atoms with Crippen LogP contribution in [0.1, 0.15) is 97.2 Å². The number of H-pyrrole nitrogens is 1. The Morgan fingerprint density at radius 3 is 2.10 bits per heavy atom. The molecule has 2 fully saturated rings. The fourth-order valence-electron chi connectivity index (χ4n) is 6.61. The van der Waals surface area contributed by atoms with E-state index in [0.717, 1.165) is 32.2 Å². The van der Waals surface area contributed by atoms with Gasteiger partial charge in [-0.2, -0.15) is 11.8 Å². The van der Waals surface area contributed by atoms with Gasteiger partial charge >= 0.3 is 12.1 Å². The number of carboxylic acids is 1. The smallest absolute Gasteiger partial charge is 0.409 e. The van der Waals surface area contributed by atoms with Gasteiger partial charge in [0.2, 0.25) is 23.6 Å². The van der Waals surface area contributed by atoms with Crippen molar-refractivity contribution in [3.63, 3.8) is 0 Å². The Balaban J connectivity index is 0.000000922. The van der Waals surface area contributed by atoms with Crippen LogP contribution < -0.4 is 21.3 Å². The van der Waals surface area contributed by atoms with Crippen molar-refractivity contribution in [3.8, 4) is 0 Å². The molecule has 4 rings (SSSR count). The van der Waals surface area contributed by atoms with Gasteiger partial charge in [-0.1, -0.05) is 70.4 Å². The summed E-state index contributed by atoms with van der Waals surface area (Å²) in [6.07, 6.45) is 10.4. The number of carboxylic acid groups (broad SMARTS) is 1. The first-order valence-corrected chi connectivity index (χ1v) is 22.7. The van der Waals surface area contributed by atoms with Crippen LogP contribution in [-0.4, -0.2) is 136 Å². The van der Waals surface area contributed by atoms with Crippen LogP contribution in [-0.2, 0) is 46.5 Å². The maximum absolute atomic E-state index is 13.7. The predicted octanol–water partition coefficient (Wildman–Crippen LogP) is 3.69. The van der Waals surface area contributed by atoms with Gasteiger partial charge < -0.3 is 41.0 Å². The Kier molecular flexibility index (Phi) is 24.4. The van der Waals surface area contributed by atoms with Crippen molar-refractivity contribution in [3.05, 3.63) is 54.1 Å². The van der Waals surface area contributed by atoms with Gasteiger partial charge in [-0.25, -0.2) is 9.78 Å². The lowest BCUT2D eigenvalue weighted by atomic mass is 9.76. The summed E-state index contributed by atoms with van der Waals surface area (Å²) in [5, 5.41) is 19.3. The van der Waals surface area contributed by atoms with Crippen LogP contribution in [0.3, 0.4) is 0 Å². The van der Waals surface area contributed by atoms with Crippen molar-refractivity contribution in [1.29, 1.82) is 0 Å². The highest BCUT2D eigenvalue weighted by Crippen LogP contribution is 2.35. The monoisotopic (exact) mass is 872 g/mol. The molecule has 1 aromatic carbocycles. The summed E-state index contributed by atoms with van der Waals surface area (Å²) in [5.74, 6) is -2.71. The second kappa shape index (κ2) is 28.5. The van der Waals surface area contributed by atoms with Crippen molar-refractivity contribution < 1.29 is 43.4 Å². The minimum atomic E-state index is -1.40. The maximum Gasteiger partial charge on any atom is 0.409 e. The summed E-state index contributed by atoms with van der Waals surface area (Å²) < 4.78 is 5.57. The number of rotatable bonds is 20. The first-order valence-electron chi connectivity index (χ1n) is 21.3. The molecule has 0 radical (unpaired) electrons. The lowest BCUT2D eigenvalue weighted by molar-refractivity contribution is -0.149. The number of ether oxygens (including phenoxy) is 1. The molecule has 0 bridgehead atoms. The van der Waals surface area contributed by atoms with E-state index in [1.54, 1.807) is 4.90 Å². The van der Waals surface area contributed by atoms with Crippen molar-refractivity contribution in [2.45, 2.75) is 117 Å². The number of aromatic amines is 1. The van der Waals surface area contributed by atoms with E-state index in [9.17, 15) is 33.6 Å². The van der Waals surface area contributed by atoms with Crippen LogP contribution in [0.4, 0.5) is 4.79 Å². The highest BCUT2D eigenvalue weighted by Gasteiger charge is 2.34. The summed E-state index contributed by atoms with van der Waals surface area (Å²) in [6.45, 7) is 11.1. The molecule has 1 aliphatic heterocycles. The molecule has 340 valence electrons. The number of amides is 5. The molecule has 1 aliphatic carbocycles. The number of Topliss-reactive ketones (excluding diaryl/α,β-unsaturated/α-hetero) is 1. The molecule has 18 heteroatoms. The van der Waals surface area contributed by atoms with E-state index in [2.05, 4.69) is 36.1 Å². The van der Waals surface area contributed by atoms with Gasteiger partial charge in [0.1, 0.15) is 30.5 Å². The standard InChI is InChI=1S/C33H48N8O7S.C8H14O2.C2H6/c1-4-8-29(43)37-27(17-25-19-34-22-36-25)31(45)39-28(32(46)38-26(11-16-49-3)30(44)35-18-23(2)42)21-48-33(47)41-14-12-40(13-15-41)20-24-9-6-5-7-10-24;1-8(7(9)10)5-3-2-4-6-8;1-2/h5-7,9-10,19,22,26-28H,4,8,11-18,20-21H2,1-3H3,(H,34,36)(H,35,44)(H,37,43)(H,38,46)(H,39,45);2-6H2,1H3,(H,9,10);1-2H3. The highest BCUT2D eigenvalue weighted by atomic mass is 32.2. The van der Waals surface area contributed by atoms with Crippen molar-refractivity contribution in [1.82, 2.24) is 41.0 Å². The Morgan fingerprint density at radius 1 is 0.902 bits per heavy atom. The van der Waals surface area contributed by atoms with Crippen LogP contribution in [0.15, 0.2) is 42.9 Å². The molecule has 0 spiro atoms. The minimum absolute atomic E-state index is 0.0620. The normalized spacial score (nSPS) is 16.1. The molecule has 1 aromatic heterocycles. The van der Waals surface area contributed by atoms with Crippen LogP contribution in [0.25, 0.3) is 0 Å². The predicted molar refractivity (Wildman–Crippen MR) is 234 cm³/mol. The lowest BCUT2D eigenvalue weighted by Gasteiger charge is -2.34. The maximum atomic E-state index is 13.7. The van der Waals surface area contributed by atoms with Gasteiger partial charge in [-0.05, 0) is 57.1 Å². The van der Waals surface area contributed by atoms with Crippen LogP contribution >= 0.6 is 11.8 Å². The number of imidazole rings is 1. The minimum Gasteiger partial charge on any atom is -0.481 e. The van der Waals surface area contributed by atoms with E-state index in [4.69, 9.17) is 9.84 Å². The van der Waals surface area contributed by atoms with E-state index in [1.807, 2.05) is 64.3 Å². The average Bonchev–Trinajstić information content (AvgIpc) is 3.77.